The number of amides is 6. The van der Waals surface area contributed by atoms with Crippen molar-refractivity contribution in [2.24, 2.45) is 0 Å². The van der Waals surface area contributed by atoms with E-state index < -0.39 is 29.7 Å². The lowest BCUT2D eigenvalue weighted by Gasteiger charge is -2.43. The van der Waals surface area contributed by atoms with E-state index in [1.165, 1.54) is 28.5 Å². The monoisotopic (exact) mass is 891 g/mol. The van der Waals surface area contributed by atoms with E-state index in [1.807, 2.05) is 35.2 Å². The summed E-state index contributed by atoms with van der Waals surface area (Å²) in [6, 6.07) is 13.1. The van der Waals surface area contributed by atoms with Gasteiger partial charge < -0.3 is 30.0 Å². The predicted molar refractivity (Wildman–Crippen MR) is 236 cm³/mol. The molecule has 4 aromatic rings. The van der Waals surface area contributed by atoms with Gasteiger partial charge in [0.15, 0.2) is 5.13 Å². The molecule has 6 heterocycles. The number of carbonyl (C=O) groups excluding carboxylic acids is 6. The number of aromatic hydroxyl groups is 1. The van der Waals surface area contributed by atoms with E-state index in [0.29, 0.717) is 61.3 Å². The number of unbranched alkanes of at least 4 members (excludes halogenated alkanes) is 1. The molecule has 0 radical (unpaired) electrons. The Hall–Kier alpha value is -6.40. The average molecular weight is 892 g/mol. The summed E-state index contributed by atoms with van der Waals surface area (Å²) in [5, 5.41) is 21.2. The molecule has 1 aromatic heterocycles. The number of halogens is 1. The highest BCUT2D eigenvalue weighted by Crippen LogP contribution is 2.38. The minimum Gasteiger partial charge on any atom is -0.508 e. The van der Waals surface area contributed by atoms with Crippen LogP contribution >= 0.6 is 11.3 Å². The van der Waals surface area contributed by atoms with Crippen LogP contribution in [0.5, 0.6) is 5.75 Å². The molecule has 0 aliphatic carbocycles. The van der Waals surface area contributed by atoms with Crippen molar-refractivity contribution in [2.45, 2.75) is 76.2 Å². The molecule has 2 unspecified atom stereocenters. The SMILES string of the molecule is O=C1CCC(N2Cc3c(NCCCCC(=O)N4CCN(C5CCN(c6ccc7c(c6)C(=O)N(C(C(=O)Nc6nccs6)c6cc(F)ccc6O)C7)CC5)CC4)cccc3C2=O)C(=O)N1. The number of anilines is 3. The lowest BCUT2D eigenvalue weighted by atomic mass is 10.0. The molecule has 18 heteroatoms. The highest BCUT2D eigenvalue weighted by Gasteiger charge is 2.41. The Labute approximate surface area is 373 Å². The third-order valence-corrected chi connectivity index (χ3v) is 13.8. The van der Waals surface area contributed by atoms with Gasteiger partial charge in [-0.2, -0.15) is 0 Å². The van der Waals surface area contributed by atoms with Crippen molar-refractivity contribution in [1.82, 2.24) is 29.9 Å². The van der Waals surface area contributed by atoms with Crippen molar-refractivity contribution in [1.29, 1.82) is 0 Å². The van der Waals surface area contributed by atoms with E-state index in [2.05, 4.69) is 30.7 Å². The molecule has 2 atom stereocenters. The smallest absolute Gasteiger partial charge is 0.255 e. The fraction of sp³-hybridized carbons (Fsp3) is 0.413. The van der Waals surface area contributed by atoms with Crippen molar-refractivity contribution in [3.8, 4) is 5.75 Å². The van der Waals surface area contributed by atoms with E-state index in [9.17, 15) is 38.3 Å². The molecule has 64 heavy (non-hydrogen) atoms. The second-order valence-electron chi connectivity index (χ2n) is 17.0. The molecule has 334 valence electrons. The standard InChI is InChI=1S/C46H50FN9O7S/c47-29-8-11-38(57)34(24-29)41(43(61)51-46-49-16-23-64-46)56-26-28-7-9-31(25-33(28)45(56)63)52-17-13-30(14-18-52)53-19-21-54(22-20-53)40(59)6-1-2-15-48-36-5-3-4-32-35(36)27-55(44(32)62)37-10-12-39(58)50-42(37)60/h3-5,7-9,11,16,23-25,30,37,41,48,57H,1-2,6,10,12-15,17-22,26-27H2,(H,49,51,61)(H,50,58,60). The van der Waals surface area contributed by atoms with Crippen LogP contribution in [-0.4, -0.2) is 123 Å². The van der Waals surface area contributed by atoms with Gasteiger partial charge >= 0.3 is 0 Å². The second-order valence-corrected chi connectivity index (χ2v) is 17.9. The number of phenols is 1. The number of thiazole rings is 1. The van der Waals surface area contributed by atoms with Crippen LogP contribution in [0.3, 0.4) is 0 Å². The number of imide groups is 1. The Bertz CT molecular complexity index is 2470. The van der Waals surface area contributed by atoms with E-state index in [-0.39, 0.29) is 47.9 Å². The van der Waals surface area contributed by atoms with Crippen molar-refractivity contribution < 1.29 is 38.3 Å². The van der Waals surface area contributed by atoms with Crippen LogP contribution in [0.15, 0.2) is 66.2 Å². The lowest BCUT2D eigenvalue weighted by Crippen LogP contribution is -2.54. The van der Waals surface area contributed by atoms with Crippen molar-refractivity contribution >= 4 is 63.3 Å². The van der Waals surface area contributed by atoms with Gasteiger partial charge in [0.05, 0.1) is 0 Å². The maximum Gasteiger partial charge on any atom is 0.255 e. The summed E-state index contributed by atoms with van der Waals surface area (Å²) in [6.45, 7) is 5.64. The quantitative estimate of drug-likeness (QED) is 0.110. The van der Waals surface area contributed by atoms with Crippen LogP contribution in [0.1, 0.15) is 88.4 Å². The number of rotatable bonds is 13. The molecule has 5 aliphatic heterocycles. The number of hydrogen-bond acceptors (Lipinski definition) is 12. The van der Waals surface area contributed by atoms with Crippen LogP contribution in [0, 0.1) is 5.82 Å². The minimum absolute atomic E-state index is 0.0107. The van der Waals surface area contributed by atoms with Crippen LogP contribution in [0.4, 0.5) is 20.9 Å². The first kappa shape index (κ1) is 42.9. The van der Waals surface area contributed by atoms with Crippen molar-refractivity contribution in [3.05, 3.63) is 99.8 Å². The van der Waals surface area contributed by atoms with Gasteiger partial charge in [-0.25, -0.2) is 9.37 Å². The summed E-state index contributed by atoms with van der Waals surface area (Å²) in [7, 11) is 0. The normalized spacial score (nSPS) is 19.7. The van der Waals surface area contributed by atoms with Crippen LogP contribution < -0.4 is 20.9 Å². The van der Waals surface area contributed by atoms with Gasteiger partial charge in [-0.3, -0.25) is 44.3 Å². The Morgan fingerprint density at radius 2 is 1.72 bits per heavy atom. The molecule has 16 nitrogen and oxygen atoms in total. The third kappa shape index (κ3) is 8.75. The molecule has 5 aliphatic rings. The van der Waals surface area contributed by atoms with Gasteiger partial charge in [-0.1, -0.05) is 12.1 Å². The summed E-state index contributed by atoms with van der Waals surface area (Å²) < 4.78 is 14.4. The topological polar surface area (TPSA) is 188 Å². The summed E-state index contributed by atoms with van der Waals surface area (Å²) in [5.41, 5.74) is 4.36. The van der Waals surface area contributed by atoms with E-state index >= 15 is 0 Å². The van der Waals surface area contributed by atoms with Crippen LogP contribution in [0.2, 0.25) is 0 Å². The van der Waals surface area contributed by atoms with E-state index in [4.69, 9.17) is 0 Å². The van der Waals surface area contributed by atoms with Gasteiger partial charge in [-0.05, 0) is 80.1 Å². The zero-order chi connectivity index (χ0) is 44.5. The third-order valence-electron chi connectivity index (χ3n) is 13.2. The molecule has 0 spiro atoms. The zero-order valence-electron chi connectivity index (χ0n) is 35.3. The molecule has 6 amide bonds. The highest BCUT2D eigenvalue weighted by molar-refractivity contribution is 7.13. The van der Waals surface area contributed by atoms with Gasteiger partial charge in [0.2, 0.25) is 17.7 Å². The number of carbonyl (C=O) groups is 6. The predicted octanol–water partition coefficient (Wildman–Crippen LogP) is 4.48. The Balaban J connectivity index is 0.721. The summed E-state index contributed by atoms with van der Waals surface area (Å²) in [4.78, 5) is 91.9. The highest BCUT2D eigenvalue weighted by atomic mass is 32.1. The number of nitrogens with one attached hydrogen (secondary N) is 3. The Morgan fingerprint density at radius 1 is 0.906 bits per heavy atom. The van der Waals surface area contributed by atoms with Crippen molar-refractivity contribution in [2.75, 3.05) is 61.3 Å². The number of hydrogen-bond donors (Lipinski definition) is 4. The van der Waals surface area contributed by atoms with Gasteiger partial charge in [-0.15, -0.1) is 11.3 Å². The Morgan fingerprint density at radius 3 is 2.48 bits per heavy atom. The largest absolute Gasteiger partial charge is 0.508 e. The van der Waals surface area contributed by atoms with E-state index in [1.54, 1.807) is 16.3 Å². The maximum absolute atomic E-state index is 14.4. The summed E-state index contributed by atoms with van der Waals surface area (Å²) in [6.07, 6.45) is 5.90. The first-order valence-corrected chi connectivity index (χ1v) is 22.8. The van der Waals surface area contributed by atoms with E-state index in [0.717, 1.165) is 86.5 Å². The van der Waals surface area contributed by atoms with Crippen molar-refractivity contribution in [3.63, 3.8) is 0 Å². The number of piperidine rings is 2. The molecule has 3 aromatic carbocycles. The Kier molecular flexibility index (Phi) is 12.3. The fourth-order valence-corrected chi connectivity index (χ4v) is 10.3. The van der Waals surface area contributed by atoms with Gasteiger partial charge in [0.1, 0.15) is 23.7 Å². The molecular weight excluding hydrogens is 842 g/mol. The molecular formula is C46H50FN9O7S. The number of piperazine rings is 1. The van der Waals surface area contributed by atoms with Gasteiger partial charge in [0.25, 0.3) is 17.7 Å². The molecule has 3 saturated heterocycles. The molecule has 0 saturated carbocycles. The average Bonchev–Trinajstić information content (AvgIpc) is 4.02. The summed E-state index contributed by atoms with van der Waals surface area (Å²) in [5.74, 6) is -2.71. The summed E-state index contributed by atoms with van der Waals surface area (Å²) >= 11 is 1.21. The number of phenolic OH excluding ortho intramolecular Hbond substituents is 1. The fourth-order valence-electron chi connectivity index (χ4n) is 9.73. The minimum atomic E-state index is -1.29. The number of fused-ring (bicyclic) bond motifs is 2. The first-order valence-electron chi connectivity index (χ1n) is 21.9. The first-order chi connectivity index (χ1) is 31.0. The van der Waals surface area contributed by atoms with Crippen LogP contribution in [-0.2, 0) is 32.3 Å². The second kappa shape index (κ2) is 18.4. The molecule has 0 bridgehead atoms. The molecule has 9 rings (SSSR count). The maximum atomic E-state index is 14.4. The molecule has 3 fully saturated rings. The number of nitrogens with zero attached hydrogens (tertiary/aromatic N) is 6. The number of benzene rings is 3. The van der Waals surface area contributed by atoms with Gasteiger partial charge in [0, 0.05) is 123 Å². The van der Waals surface area contributed by atoms with Crippen LogP contribution in [0.25, 0.3) is 0 Å². The molecule has 4 N–H and O–H groups in total. The number of aromatic nitrogens is 1. The lowest BCUT2D eigenvalue weighted by molar-refractivity contribution is -0.137. The zero-order valence-corrected chi connectivity index (χ0v) is 36.1.